The Bertz CT molecular complexity index is 1450. The highest BCUT2D eigenvalue weighted by Crippen LogP contribution is 2.35. The fourth-order valence-electron chi connectivity index (χ4n) is 4.57. The van der Waals surface area contributed by atoms with Crippen molar-refractivity contribution in [3.8, 4) is 0 Å². The summed E-state index contributed by atoms with van der Waals surface area (Å²) in [4.78, 5) is 11.5. The molecule has 8 nitrogen and oxygen atoms in total. The van der Waals surface area contributed by atoms with Gasteiger partial charge in [0.25, 0.3) is 0 Å². The van der Waals surface area contributed by atoms with Gasteiger partial charge >= 0.3 is 5.97 Å². The third-order valence-corrected chi connectivity index (χ3v) is 7.94. The van der Waals surface area contributed by atoms with Crippen molar-refractivity contribution in [2.75, 3.05) is 13.1 Å². The second-order valence-electron chi connectivity index (χ2n) is 8.40. The molecule has 2 aromatic carbocycles. The smallest absolute Gasteiger partial charge is 0.309 e. The molecule has 0 spiro atoms. The van der Waals surface area contributed by atoms with Gasteiger partial charge in [-0.3, -0.25) is 9.48 Å². The number of aryl methyl sites for hydroxylation is 1. The number of rotatable bonds is 5. The average Bonchev–Trinajstić information content (AvgIpc) is 3.41. The van der Waals surface area contributed by atoms with E-state index >= 15 is 0 Å². The van der Waals surface area contributed by atoms with Crippen molar-refractivity contribution in [3.63, 3.8) is 0 Å². The molecule has 1 aliphatic heterocycles. The van der Waals surface area contributed by atoms with Crippen LogP contribution in [0.2, 0.25) is 0 Å². The molecule has 0 amide bonds. The Morgan fingerprint density at radius 3 is 2.75 bits per heavy atom. The van der Waals surface area contributed by atoms with Gasteiger partial charge in [0.15, 0.2) is 0 Å². The number of aliphatic carboxylic acids is 1. The molecule has 0 aliphatic carbocycles. The van der Waals surface area contributed by atoms with E-state index in [0.717, 1.165) is 22.0 Å². The normalized spacial score (nSPS) is 19.8. The van der Waals surface area contributed by atoms with E-state index in [9.17, 15) is 18.3 Å². The Balaban J connectivity index is 1.50. The lowest BCUT2D eigenvalue weighted by atomic mass is 10.1. The molecular formula is C23H23N3O5S. The second kappa shape index (κ2) is 7.46. The number of hydrogen-bond acceptors (Lipinski definition) is 5. The van der Waals surface area contributed by atoms with Crippen LogP contribution in [0.3, 0.4) is 0 Å². The van der Waals surface area contributed by atoms with Crippen molar-refractivity contribution >= 4 is 37.9 Å². The number of fused-ring (bicyclic) bond motifs is 2. The highest BCUT2D eigenvalue weighted by atomic mass is 32.2. The van der Waals surface area contributed by atoms with Gasteiger partial charge in [0.05, 0.1) is 28.6 Å². The third kappa shape index (κ3) is 3.37. The molecule has 0 radical (unpaired) electrons. The van der Waals surface area contributed by atoms with E-state index in [-0.39, 0.29) is 29.8 Å². The molecule has 0 saturated carbocycles. The maximum Gasteiger partial charge on any atom is 0.309 e. The van der Waals surface area contributed by atoms with Crippen LogP contribution in [0.4, 0.5) is 0 Å². The van der Waals surface area contributed by atoms with Crippen LogP contribution in [0, 0.1) is 12.8 Å². The van der Waals surface area contributed by atoms with Crippen LogP contribution in [0.25, 0.3) is 21.9 Å². The molecule has 1 saturated heterocycles. The number of nitrogens with zero attached hydrogens (tertiary/aromatic N) is 3. The summed E-state index contributed by atoms with van der Waals surface area (Å²) < 4.78 is 35.7. The van der Waals surface area contributed by atoms with E-state index in [1.54, 1.807) is 22.9 Å². The quantitative estimate of drug-likeness (QED) is 0.495. The zero-order chi connectivity index (χ0) is 22.6. The average molecular weight is 454 g/mol. The molecule has 2 aromatic heterocycles. The van der Waals surface area contributed by atoms with Gasteiger partial charge in [-0.05, 0) is 43.2 Å². The summed E-state index contributed by atoms with van der Waals surface area (Å²) in [6.07, 6.45) is -0.180. The van der Waals surface area contributed by atoms with Crippen molar-refractivity contribution in [1.82, 2.24) is 14.1 Å². The molecule has 3 heterocycles. The van der Waals surface area contributed by atoms with Crippen LogP contribution in [0.5, 0.6) is 0 Å². The maximum absolute atomic E-state index is 13.4. The summed E-state index contributed by atoms with van der Waals surface area (Å²) in [6.45, 7) is 4.45. The molecule has 4 aromatic rings. The standard InChI is InChI=1S/C23H23N3O5S/c1-14-12-25(32(29,30)17-7-8-22-16(10-17)9-15(2)31-22)13-21(14)26-20-6-4-3-5-18(20)19(24-26)11-23(27)28/h3-10,14,21H,11-13H2,1-2H3,(H,27,28)/t14-,21+/m1/s1. The van der Waals surface area contributed by atoms with Crippen molar-refractivity contribution in [2.45, 2.75) is 31.2 Å². The number of sulfonamides is 1. The Morgan fingerprint density at radius 1 is 1.19 bits per heavy atom. The molecule has 32 heavy (non-hydrogen) atoms. The Kier molecular flexibility index (Phi) is 4.83. The number of benzene rings is 2. The first-order chi connectivity index (χ1) is 15.2. The zero-order valence-corrected chi connectivity index (χ0v) is 18.5. The number of para-hydroxylation sites is 1. The van der Waals surface area contributed by atoms with Gasteiger partial charge in [-0.1, -0.05) is 25.1 Å². The van der Waals surface area contributed by atoms with Gasteiger partial charge in [-0.15, -0.1) is 0 Å². The predicted molar refractivity (Wildman–Crippen MR) is 119 cm³/mol. The Labute approximate surface area is 185 Å². The molecule has 166 valence electrons. The summed E-state index contributed by atoms with van der Waals surface area (Å²) >= 11 is 0. The van der Waals surface area contributed by atoms with Gasteiger partial charge in [0, 0.05) is 23.9 Å². The van der Waals surface area contributed by atoms with Gasteiger partial charge < -0.3 is 9.52 Å². The lowest BCUT2D eigenvalue weighted by Crippen LogP contribution is -2.29. The molecule has 1 N–H and O–H groups in total. The largest absolute Gasteiger partial charge is 0.481 e. The van der Waals surface area contributed by atoms with E-state index in [4.69, 9.17) is 4.42 Å². The molecule has 5 rings (SSSR count). The summed E-state index contributed by atoms with van der Waals surface area (Å²) in [5.74, 6) is -0.216. The van der Waals surface area contributed by atoms with Crippen LogP contribution in [0.15, 0.2) is 57.8 Å². The van der Waals surface area contributed by atoms with E-state index in [1.165, 1.54) is 4.31 Å². The molecule has 1 fully saturated rings. The van der Waals surface area contributed by atoms with Crippen molar-refractivity contribution < 1.29 is 22.7 Å². The first-order valence-corrected chi connectivity index (χ1v) is 11.9. The molecule has 9 heteroatoms. The van der Waals surface area contributed by atoms with Gasteiger partial charge in [0.2, 0.25) is 10.0 Å². The van der Waals surface area contributed by atoms with Crippen LogP contribution < -0.4 is 0 Å². The van der Waals surface area contributed by atoms with Crippen LogP contribution in [0.1, 0.15) is 24.4 Å². The SMILES string of the molecule is Cc1cc2cc(S(=O)(=O)N3C[C@@H](C)[C@@H](n4nc(CC(=O)O)c5ccccc54)C3)ccc2o1. The number of furan rings is 1. The minimum atomic E-state index is -3.70. The molecular weight excluding hydrogens is 430 g/mol. The van der Waals surface area contributed by atoms with E-state index in [0.29, 0.717) is 17.8 Å². The lowest BCUT2D eigenvalue weighted by molar-refractivity contribution is -0.136. The van der Waals surface area contributed by atoms with Gasteiger partial charge in [-0.2, -0.15) is 9.40 Å². The van der Waals surface area contributed by atoms with E-state index in [1.807, 2.05) is 44.2 Å². The summed E-state index contributed by atoms with van der Waals surface area (Å²) in [5.41, 5.74) is 1.96. The molecule has 1 aliphatic rings. The summed E-state index contributed by atoms with van der Waals surface area (Å²) in [6, 6.07) is 14.0. The predicted octanol–water partition coefficient (Wildman–Crippen LogP) is 3.60. The zero-order valence-electron chi connectivity index (χ0n) is 17.7. The van der Waals surface area contributed by atoms with Gasteiger partial charge in [-0.25, -0.2) is 8.42 Å². The highest BCUT2D eigenvalue weighted by Gasteiger charge is 2.39. The van der Waals surface area contributed by atoms with Crippen molar-refractivity contribution in [2.24, 2.45) is 5.92 Å². The minimum absolute atomic E-state index is 0.00524. The van der Waals surface area contributed by atoms with Crippen LogP contribution in [-0.4, -0.2) is 46.7 Å². The third-order valence-electron chi connectivity index (χ3n) is 6.11. The fourth-order valence-corrected chi connectivity index (χ4v) is 6.16. The highest BCUT2D eigenvalue weighted by molar-refractivity contribution is 7.89. The maximum atomic E-state index is 13.4. The number of carbonyl (C=O) groups is 1. The van der Waals surface area contributed by atoms with Crippen LogP contribution >= 0.6 is 0 Å². The van der Waals surface area contributed by atoms with Gasteiger partial charge in [0.1, 0.15) is 11.3 Å². The molecule has 0 bridgehead atoms. The molecule has 0 unspecified atom stereocenters. The van der Waals surface area contributed by atoms with Crippen LogP contribution in [-0.2, 0) is 21.2 Å². The summed E-state index contributed by atoms with van der Waals surface area (Å²) in [5, 5.41) is 15.4. The topological polar surface area (TPSA) is 106 Å². The molecule has 2 atom stereocenters. The number of hydrogen-bond donors (Lipinski definition) is 1. The first-order valence-electron chi connectivity index (χ1n) is 10.4. The van der Waals surface area contributed by atoms with Crippen molar-refractivity contribution in [3.05, 3.63) is 60.0 Å². The number of carboxylic acid groups (broad SMARTS) is 1. The Hall–Kier alpha value is -3.17. The first kappa shape index (κ1) is 20.7. The minimum Gasteiger partial charge on any atom is -0.481 e. The number of carboxylic acids is 1. The lowest BCUT2D eigenvalue weighted by Gasteiger charge is -2.17. The monoisotopic (exact) mass is 453 g/mol. The van der Waals surface area contributed by atoms with E-state index in [2.05, 4.69) is 5.10 Å². The van der Waals surface area contributed by atoms with Crippen molar-refractivity contribution in [1.29, 1.82) is 0 Å². The summed E-state index contributed by atoms with van der Waals surface area (Å²) in [7, 11) is -3.70. The van der Waals surface area contributed by atoms with E-state index < -0.39 is 16.0 Å². The Morgan fingerprint density at radius 2 is 1.97 bits per heavy atom. The second-order valence-corrected chi connectivity index (χ2v) is 10.3. The fraction of sp³-hybridized carbons (Fsp3) is 0.304. The number of aromatic nitrogens is 2.